The SMILES string of the molecule is CC(C)n1ccc(NC2CCCS(=O)(=O)C2)n1. The molecule has 6 heteroatoms. The summed E-state index contributed by atoms with van der Waals surface area (Å²) in [6.45, 7) is 4.11. The fourth-order valence-corrected chi connectivity index (χ4v) is 3.68. The molecule has 1 aromatic heterocycles. The van der Waals surface area contributed by atoms with Crippen LogP contribution in [0.3, 0.4) is 0 Å². The first kappa shape index (κ1) is 12.4. The molecule has 17 heavy (non-hydrogen) atoms. The highest BCUT2D eigenvalue weighted by atomic mass is 32.2. The first-order chi connectivity index (χ1) is 7.96. The summed E-state index contributed by atoms with van der Waals surface area (Å²) in [5, 5.41) is 7.56. The zero-order valence-corrected chi connectivity index (χ0v) is 11.1. The molecule has 1 aliphatic rings. The predicted octanol–water partition coefficient (Wildman–Crippen LogP) is 1.45. The largest absolute Gasteiger partial charge is 0.365 e. The number of aromatic nitrogens is 2. The van der Waals surface area contributed by atoms with E-state index in [0.717, 1.165) is 18.7 Å². The van der Waals surface area contributed by atoms with Crippen LogP contribution in [0.4, 0.5) is 5.82 Å². The molecule has 1 unspecified atom stereocenters. The summed E-state index contributed by atoms with van der Waals surface area (Å²) in [4.78, 5) is 0. The molecule has 0 radical (unpaired) electrons. The monoisotopic (exact) mass is 257 g/mol. The number of nitrogens with zero attached hydrogens (tertiary/aromatic N) is 2. The smallest absolute Gasteiger partial charge is 0.152 e. The van der Waals surface area contributed by atoms with Gasteiger partial charge >= 0.3 is 0 Å². The van der Waals surface area contributed by atoms with Gasteiger partial charge in [0.25, 0.3) is 0 Å². The molecule has 2 rings (SSSR count). The van der Waals surface area contributed by atoms with E-state index >= 15 is 0 Å². The molecule has 96 valence electrons. The van der Waals surface area contributed by atoms with Gasteiger partial charge in [-0.2, -0.15) is 5.10 Å². The Bertz CT molecular complexity index is 479. The van der Waals surface area contributed by atoms with Crippen LogP contribution in [0.2, 0.25) is 0 Å². The molecule has 1 N–H and O–H groups in total. The average molecular weight is 257 g/mol. The summed E-state index contributed by atoms with van der Waals surface area (Å²) in [5.74, 6) is 1.31. The van der Waals surface area contributed by atoms with Gasteiger partial charge in [-0.15, -0.1) is 0 Å². The third-order valence-electron chi connectivity index (χ3n) is 2.95. The predicted molar refractivity (Wildman–Crippen MR) is 67.9 cm³/mol. The van der Waals surface area contributed by atoms with Crippen molar-refractivity contribution in [1.29, 1.82) is 0 Å². The van der Waals surface area contributed by atoms with Crippen molar-refractivity contribution in [3.8, 4) is 0 Å². The van der Waals surface area contributed by atoms with E-state index in [-0.39, 0.29) is 11.8 Å². The maximum Gasteiger partial charge on any atom is 0.152 e. The van der Waals surface area contributed by atoms with Crippen molar-refractivity contribution in [1.82, 2.24) is 9.78 Å². The Balaban J connectivity index is 2.00. The van der Waals surface area contributed by atoms with Gasteiger partial charge in [0, 0.05) is 24.3 Å². The Morgan fingerprint density at radius 2 is 2.29 bits per heavy atom. The Hall–Kier alpha value is -1.04. The van der Waals surface area contributed by atoms with Gasteiger partial charge in [-0.3, -0.25) is 4.68 Å². The molecular formula is C11H19N3O2S. The van der Waals surface area contributed by atoms with Crippen LogP contribution in [0, 0.1) is 0 Å². The van der Waals surface area contributed by atoms with Gasteiger partial charge in [-0.1, -0.05) is 0 Å². The minimum Gasteiger partial charge on any atom is -0.365 e. The summed E-state index contributed by atoms with van der Waals surface area (Å²) in [6, 6.07) is 2.21. The second-order valence-corrected chi connectivity index (χ2v) is 7.10. The highest BCUT2D eigenvalue weighted by Crippen LogP contribution is 2.17. The minimum absolute atomic E-state index is 0.00395. The molecule has 0 spiro atoms. The van der Waals surface area contributed by atoms with Gasteiger partial charge < -0.3 is 5.32 Å². The van der Waals surface area contributed by atoms with Gasteiger partial charge in [-0.05, 0) is 26.7 Å². The van der Waals surface area contributed by atoms with E-state index in [1.807, 2.05) is 16.9 Å². The Morgan fingerprint density at radius 1 is 1.53 bits per heavy atom. The summed E-state index contributed by atoms with van der Waals surface area (Å²) >= 11 is 0. The number of nitrogens with one attached hydrogen (secondary N) is 1. The maximum absolute atomic E-state index is 11.5. The molecule has 1 saturated heterocycles. The quantitative estimate of drug-likeness (QED) is 0.890. The van der Waals surface area contributed by atoms with Gasteiger partial charge in [0.05, 0.1) is 11.5 Å². The highest BCUT2D eigenvalue weighted by Gasteiger charge is 2.24. The lowest BCUT2D eigenvalue weighted by Crippen LogP contribution is -2.34. The molecule has 0 saturated carbocycles. The van der Waals surface area contributed by atoms with Crippen LogP contribution in [0.1, 0.15) is 32.7 Å². The topological polar surface area (TPSA) is 64.0 Å². The number of anilines is 1. The van der Waals surface area contributed by atoms with E-state index in [1.54, 1.807) is 0 Å². The van der Waals surface area contributed by atoms with E-state index in [2.05, 4.69) is 24.3 Å². The van der Waals surface area contributed by atoms with Gasteiger partial charge in [0.1, 0.15) is 5.82 Å². The molecule has 5 nitrogen and oxygen atoms in total. The lowest BCUT2D eigenvalue weighted by molar-refractivity contribution is 0.531. The van der Waals surface area contributed by atoms with Gasteiger partial charge in [0.15, 0.2) is 9.84 Å². The van der Waals surface area contributed by atoms with Gasteiger partial charge in [-0.25, -0.2) is 8.42 Å². The second kappa shape index (κ2) is 4.68. The van der Waals surface area contributed by atoms with Crippen LogP contribution >= 0.6 is 0 Å². The van der Waals surface area contributed by atoms with Crippen molar-refractivity contribution < 1.29 is 8.42 Å². The van der Waals surface area contributed by atoms with E-state index in [1.165, 1.54) is 0 Å². The molecule has 0 aliphatic carbocycles. The van der Waals surface area contributed by atoms with E-state index in [0.29, 0.717) is 11.8 Å². The number of hydrogen-bond donors (Lipinski definition) is 1. The lowest BCUT2D eigenvalue weighted by Gasteiger charge is -2.22. The van der Waals surface area contributed by atoms with Crippen molar-refractivity contribution in [2.75, 3.05) is 16.8 Å². The van der Waals surface area contributed by atoms with Crippen LogP contribution in [-0.4, -0.2) is 35.7 Å². The molecular weight excluding hydrogens is 238 g/mol. The molecule has 2 heterocycles. The van der Waals surface area contributed by atoms with Crippen LogP contribution in [-0.2, 0) is 9.84 Å². The lowest BCUT2D eigenvalue weighted by atomic mass is 10.2. The standard InChI is InChI=1S/C11H19N3O2S/c1-9(2)14-6-5-11(13-14)12-10-4-3-7-17(15,16)8-10/h5-6,9-10H,3-4,7-8H2,1-2H3,(H,12,13). The Labute approximate surface area is 102 Å². The summed E-state index contributed by atoms with van der Waals surface area (Å²) < 4.78 is 24.9. The first-order valence-corrected chi connectivity index (χ1v) is 7.80. The maximum atomic E-state index is 11.5. The molecule has 1 atom stereocenters. The zero-order chi connectivity index (χ0) is 12.5. The summed E-state index contributed by atoms with van der Waals surface area (Å²) in [5.41, 5.74) is 0. The molecule has 0 bridgehead atoms. The number of sulfone groups is 1. The Kier molecular flexibility index (Phi) is 3.42. The summed E-state index contributed by atoms with van der Waals surface area (Å²) in [7, 11) is -2.86. The van der Waals surface area contributed by atoms with Crippen LogP contribution in [0.25, 0.3) is 0 Å². The van der Waals surface area contributed by atoms with Crippen LogP contribution in [0.15, 0.2) is 12.3 Å². The minimum atomic E-state index is -2.86. The molecule has 0 amide bonds. The van der Waals surface area contributed by atoms with Crippen molar-refractivity contribution in [3.05, 3.63) is 12.3 Å². The second-order valence-electron chi connectivity index (χ2n) is 4.87. The van der Waals surface area contributed by atoms with Crippen LogP contribution < -0.4 is 5.32 Å². The highest BCUT2D eigenvalue weighted by molar-refractivity contribution is 7.91. The number of hydrogen-bond acceptors (Lipinski definition) is 4. The molecule has 1 aliphatic heterocycles. The summed E-state index contributed by atoms with van der Waals surface area (Å²) in [6.07, 6.45) is 3.54. The fraction of sp³-hybridized carbons (Fsp3) is 0.727. The zero-order valence-electron chi connectivity index (χ0n) is 10.3. The molecule has 1 aromatic rings. The van der Waals surface area contributed by atoms with Crippen LogP contribution in [0.5, 0.6) is 0 Å². The van der Waals surface area contributed by atoms with Gasteiger partial charge in [0.2, 0.25) is 0 Å². The normalized spacial score (nSPS) is 23.8. The molecule has 0 aromatic carbocycles. The van der Waals surface area contributed by atoms with Crippen molar-refractivity contribution in [2.45, 2.75) is 38.8 Å². The average Bonchev–Trinajstić information content (AvgIpc) is 2.64. The van der Waals surface area contributed by atoms with Crippen molar-refractivity contribution >= 4 is 15.7 Å². The molecule has 1 fully saturated rings. The first-order valence-electron chi connectivity index (χ1n) is 5.98. The van der Waals surface area contributed by atoms with Crippen molar-refractivity contribution in [3.63, 3.8) is 0 Å². The Morgan fingerprint density at radius 3 is 2.88 bits per heavy atom. The third-order valence-corrected chi connectivity index (χ3v) is 4.77. The van der Waals surface area contributed by atoms with E-state index in [9.17, 15) is 8.42 Å². The number of rotatable bonds is 3. The third kappa shape index (κ3) is 3.21. The van der Waals surface area contributed by atoms with E-state index in [4.69, 9.17) is 0 Å². The van der Waals surface area contributed by atoms with Crippen molar-refractivity contribution in [2.24, 2.45) is 0 Å². The fourth-order valence-electron chi connectivity index (χ4n) is 2.05. The van der Waals surface area contributed by atoms with E-state index < -0.39 is 9.84 Å².